The summed E-state index contributed by atoms with van der Waals surface area (Å²) in [6.07, 6.45) is 7.32. The number of nitrogens with one attached hydrogen (secondary N) is 1. The van der Waals surface area contributed by atoms with Crippen LogP contribution in [0.4, 0.5) is 0 Å². The van der Waals surface area contributed by atoms with Crippen LogP contribution >= 0.6 is 0 Å². The summed E-state index contributed by atoms with van der Waals surface area (Å²) in [6, 6.07) is 0.563. The van der Waals surface area contributed by atoms with Gasteiger partial charge in [-0.1, -0.05) is 39.5 Å². The molecule has 3 unspecified atom stereocenters. The zero-order valence-corrected chi connectivity index (χ0v) is 12.2. The first-order chi connectivity index (χ1) is 8.19. The molecule has 1 aliphatic carbocycles. The fraction of sp³-hybridized carbons (Fsp3) is 1.00. The van der Waals surface area contributed by atoms with Gasteiger partial charge in [0.15, 0.2) is 0 Å². The van der Waals surface area contributed by atoms with Crippen LogP contribution < -0.4 is 5.32 Å². The molecular formula is C15H31NO. The maximum absolute atomic E-state index is 5.84. The van der Waals surface area contributed by atoms with Gasteiger partial charge in [-0.05, 0) is 38.6 Å². The summed E-state index contributed by atoms with van der Waals surface area (Å²) in [5.74, 6) is 1.73. The van der Waals surface area contributed by atoms with Gasteiger partial charge in [0.05, 0.1) is 12.7 Å². The molecule has 0 amide bonds. The molecule has 2 heteroatoms. The van der Waals surface area contributed by atoms with E-state index >= 15 is 0 Å². The van der Waals surface area contributed by atoms with Gasteiger partial charge in [-0.25, -0.2) is 0 Å². The van der Waals surface area contributed by atoms with Gasteiger partial charge < -0.3 is 10.1 Å². The van der Waals surface area contributed by atoms with E-state index < -0.39 is 0 Å². The van der Waals surface area contributed by atoms with Crippen molar-refractivity contribution in [1.82, 2.24) is 5.32 Å². The van der Waals surface area contributed by atoms with Crippen LogP contribution in [0.15, 0.2) is 0 Å². The van der Waals surface area contributed by atoms with Crippen LogP contribution in [0, 0.1) is 11.8 Å². The lowest BCUT2D eigenvalue weighted by atomic mass is 9.74. The molecule has 0 aliphatic heterocycles. The largest absolute Gasteiger partial charge is 0.377 e. The number of hydrogen-bond acceptors (Lipinski definition) is 2. The molecule has 0 spiro atoms. The standard InChI is InChI=1S/C15H31NO/c1-5-13-9-7-8-10-14(13)15(16-6-2)11-17-12(3)4/h12-16H,5-11H2,1-4H3. The molecule has 0 radical (unpaired) electrons. The second-order valence-electron chi connectivity index (χ2n) is 5.66. The molecule has 1 N–H and O–H groups in total. The Morgan fingerprint density at radius 1 is 1.18 bits per heavy atom. The Balaban J connectivity index is 2.53. The lowest BCUT2D eigenvalue weighted by Gasteiger charge is -2.37. The zero-order valence-electron chi connectivity index (χ0n) is 12.2. The molecule has 1 rings (SSSR count). The van der Waals surface area contributed by atoms with E-state index in [-0.39, 0.29) is 0 Å². The molecule has 102 valence electrons. The second kappa shape index (κ2) is 8.10. The third-order valence-corrected chi connectivity index (χ3v) is 4.08. The fourth-order valence-corrected chi connectivity index (χ4v) is 3.17. The lowest BCUT2D eigenvalue weighted by molar-refractivity contribution is 0.0315. The molecule has 1 fully saturated rings. The highest BCUT2D eigenvalue weighted by Crippen LogP contribution is 2.34. The minimum absolute atomic E-state index is 0.347. The normalized spacial score (nSPS) is 27.4. The van der Waals surface area contributed by atoms with Crippen molar-refractivity contribution in [3.63, 3.8) is 0 Å². The summed E-state index contributed by atoms with van der Waals surface area (Å²) in [6.45, 7) is 10.7. The maximum atomic E-state index is 5.84. The second-order valence-corrected chi connectivity index (χ2v) is 5.66. The summed E-state index contributed by atoms with van der Waals surface area (Å²) < 4.78 is 5.84. The molecule has 2 nitrogen and oxygen atoms in total. The van der Waals surface area contributed by atoms with Crippen LogP contribution in [0.5, 0.6) is 0 Å². The summed E-state index contributed by atoms with van der Waals surface area (Å²) in [5, 5.41) is 3.65. The highest BCUT2D eigenvalue weighted by molar-refractivity contribution is 4.84. The first-order valence-electron chi connectivity index (χ1n) is 7.54. The van der Waals surface area contributed by atoms with Gasteiger partial charge >= 0.3 is 0 Å². The van der Waals surface area contributed by atoms with Crippen molar-refractivity contribution in [2.75, 3.05) is 13.2 Å². The summed E-state index contributed by atoms with van der Waals surface area (Å²) in [7, 11) is 0. The lowest BCUT2D eigenvalue weighted by Crippen LogP contribution is -2.44. The number of likely N-dealkylation sites (N-methyl/N-ethyl adjacent to an activating group) is 1. The Kier molecular flexibility index (Phi) is 7.14. The molecule has 0 aromatic carbocycles. The van der Waals surface area contributed by atoms with Crippen LogP contribution in [0.25, 0.3) is 0 Å². The Morgan fingerprint density at radius 2 is 1.88 bits per heavy atom. The average Bonchev–Trinajstić information content (AvgIpc) is 2.34. The highest BCUT2D eigenvalue weighted by atomic mass is 16.5. The van der Waals surface area contributed by atoms with E-state index in [4.69, 9.17) is 4.74 Å². The minimum atomic E-state index is 0.347. The number of hydrogen-bond donors (Lipinski definition) is 1. The highest BCUT2D eigenvalue weighted by Gasteiger charge is 2.30. The third-order valence-electron chi connectivity index (χ3n) is 4.08. The molecule has 0 saturated heterocycles. The summed E-state index contributed by atoms with van der Waals surface area (Å²) in [5.41, 5.74) is 0. The van der Waals surface area contributed by atoms with E-state index in [0.29, 0.717) is 12.1 Å². The van der Waals surface area contributed by atoms with Crippen molar-refractivity contribution in [3.05, 3.63) is 0 Å². The SMILES string of the molecule is CCNC(COC(C)C)C1CCCCC1CC. The van der Waals surface area contributed by atoms with Crippen molar-refractivity contribution in [2.45, 2.75) is 71.9 Å². The van der Waals surface area contributed by atoms with Gasteiger partial charge in [-0.2, -0.15) is 0 Å². The fourth-order valence-electron chi connectivity index (χ4n) is 3.17. The van der Waals surface area contributed by atoms with Crippen molar-refractivity contribution in [3.8, 4) is 0 Å². The van der Waals surface area contributed by atoms with E-state index in [1.165, 1.54) is 32.1 Å². The van der Waals surface area contributed by atoms with Crippen LogP contribution in [0.3, 0.4) is 0 Å². The predicted octanol–water partition coefficient (Wildman–Crippen LogP) is 3.61. The smallest absolute Gasteiger partial charge is 0.0625 e. The van der Waals surface area contributed by atoms with Gasteiger partial charge in [-0.15, -0.1) is 0 Å². The van der Waals surface area contributed by atoms with Crippen molar-refractivity contribution in [1.29, 1.82) is 0 Å². The topological polar surface area (TPSA) is 21.3 Å². The molecule has 0 aromatic heterocycles. The van der Waals surface area contributed by atoms with Gasteiger partial charge in [0, 0.05) is 6.04 Å². The van der Waals surface area contributed by atoms with Gasteiger partial charge in [0.25, 0.3) is 0 Å². The number of rotatable bonds is 7. The van der Waals surface area contributed by atoms with E-state index in [1.54, 1.807) is 0 Å². The average molecular weight is 241 g/mol. The van der Waals surface area contributed by atoms with Crippen LogP contribution in [-0.2, 0) is 4.74 Å². The van der Waals surface area contributed by atoms with E-state index in [0.717, 1.165) is 25.0 Å². The van der Waals surface area contributed by atoms with Crippen molar-refractivity contribution in [2.24, 2.45) is 11.8 Å². The summed E-state index contributed by atoms with van der Waals surface area (Å²) in [4.78, 5) is 0. The molecule has 0 bridgehead atoms. The first-order valence-corrected chi connectivity index (χ1v) is 7.54. The van der Waals surface area contributed by atoms with Gasteiger partial charge in [0.2, 0.25) is 0 Å². The zero-order chi connectivity index (χ0) is 12.7. The third kappa shape index (κ3) is 4.97. The molecule has 0 heterocycles. The summed E-state index contributed by atoms with van der Waals surface area (Å²) >= 11 is 0. The quantitative estimate of drug-likeness (QED) is 0.735. The van der Waals surface area contributed by atoms with Crippen LogP contribution in [-0.4, -0.2) is 25.3 Å². The molecule has 1 aliphatic rings. The Hall–Kier alpha value is -0.0800. The Bertz CT molecular complexity index is 193. The van der Waals surface area contributed by atoms with Crippen LogP contribution in [0.2, 0.25) is 0 Å². The molecular weight excluding hydrogens is 210 g/mol. The van der Waals surface area contributed by atoms with Gasteiger partial charge in [-0.3, -0.25) is 0 Å². The number of ether oxygens (including phenoxy) is 1. The first kappa shape index (κ1) is 15.0. The van der Waals surface area contributed by atoms with Crippen molar-refractivity contribution >= 4 is 0 Å². The van der Waals surface area contributed by atoms with E-state index in [1.807, 2.05) is 0 Å². The maximum Gasteiger partial charge on any atom is 0.0625 e. The van der Waals surface area contributed by atoms with E-state index in [9.17, 15) is 0 Å². The minimum Gasteiger partial charge on any atom is -0.377 e. The predicted molar refractivity (Wildman–Crippen MR) is 74.3 cm³/mol. The monoisotopic (exact) mass is 241 g/mol. The molecule has 0 aromatic rings. The molecule has 3 atom stereocenters. The van der Waals surface area contributed by atoms with Crippen LogP contribution in [0.1, 0.15) is 59.8 Å². The van der Waals surface area contributed by atoms with Gasteiger partial charge in [0.1, 0.15) is 0 Å². The Labute approximate surface area is 108 Å². The van der Waals surface area contributed by atoms with Crippen molar-refractivity contribution < 1.29 is 4.74 Å². The Morgan fingerprint density at radius 3 is 2.47 bits per heavy atom. The molecule has 17 heavy (non-hydrogen) atoms. The molecule has 1 saturated carbocycles. The van der Waals surface area contributed by atoms with E-state index in [2.05, 4.69) is 33.0 Å².